The summed E-state index contributed by atoms with van der Waals surface area (Å²) < 4.78 is 4.67. The number of esters is 1. The van der Waals surface area contributed by atoms with Gasteiger partial charge in [-0.25, -0.2) is 9.78 Å². The summed E-state index contributed by atoms with van der Waals surface area (Å²) in [4.78, 5) is 16.2. The number of aryl methyl sites for hydroxylation is 1. The zero-order valence-electron chi connectivity index (χ0n) is 9.43. The third kappa shape index (κ3) is 2.29. The molecule has 4 nitrogen and oxygen atoms in total. The highest BCUT2D eigenvalue weighted by Gasteiger charge is 2.16. The molecule has 0 saturated heterocycles. The van der Waals surface area contributed by atoms with Gasteiger partial charge in [0.05, 0.1) is 12.8 Å². The molecule has 0 amide bonds. The van der Waals surface area contributed by atoms with Gasteiger partial charge in [-0.05, 0) is 19.1 Å². The molecule has 0 fully saturated rings. The standard InChI is InChI=1S/C12H11NO3S/c1-7-10(12(15)16-2)17-11(13-7)8-4-3-5-9(14)6-8/h3-6,14H,1-2H3. The van der Waals surface area contributed by atoms with Crippen LogP contribution >= 0.6 is 11.3 Å². The van der Waals surface area contributed by atoms with Crippen LogP contribution in [0.3, 0.4) is 0 Å². The van der Waals surface area contributed by atoms with Gasteiger partial charge in [-0.1, -0.05) is 12.1 Å². The first-order chi connectivity index (χ1) is 8.11. The summed E-state index contributed by atoms with van der Waals surface area (Å²) in [5.74, 6) is -0.207. The summed E-state index contributed by atoms with van der Waals surface area (Å²) in [7, 11) is 1.34. The molecule has 0 atom stereocenters. The molecular weight excluding hydrogens is 238 g/mol. The van der Waals surface area contributed by atoms with Crippen molar-refractivity contribution < 1.29 is 14.6 Å². The maximum Gasteiger partial charge on any atom is 0.349 e. The van der Waals surface area contributed by atoms with E-state index in [1.165, 1.54) is 18.4 Å². The molecule has 0 aliphatic heterocycles. The van der Waals surface area contributed by atoms with Gasteiger partial charge in [0, 0.05) is 5.56 Å². The van der Waals surface area contributed by atoms with Gasteiger partial charge in [0.1, 0.15) is 15.6 Å². The quantitative estimate of drug-likeness (QED) is 0.831. The molecule has 17 heavy (non-hydrogen) atoms. The lowest BCUT2D eigenvalue weighted by Crippen LogP contribution is -1.99. The van der Waals surface area contributed by atoms with Crippen LogP contribution in [0.25, 0.3) is 10.6 Å². The van der Waals surface area contributed by atoms with Crippen molar-refractivity contribution in [1.29, 1.82) is 0 Å². The number of carbonyl (C=O) groups excluding carboxylic acids is 1. The second-order valence-electron chi connectivity index (χ2n) is 3.48. The average molecular weight is 249 g/mol. The molecule has 1 aromatic heterocycles. The van der Waals surface area contributed by atoms with Crippen LogP contribution in [0.15, 0.2) is 24.3 Å². The Balaban J connectivity index is 2.44. The normalized spacial score (nSPS) is 10.2. The molecule has 0 unspecified atom stereocenters. The highest BCUT2D eigenvalue weighted by Crippen LogP contribution is 2.29. The van der Waals surface area contributed by atoms with Crippen LogP contribution in [-0.2, 0) is 4.74 Å². The minimum absolute atomic E-state index is 0.176. The van der Waals surface area contributed by atoms with Crippen molar-refractivity contribution in [1.82, 2.24) is 4.98 Å². The van der Waals surface area contributed by atoms with E-state index < -0.39 is 0 Å². The number of aromatic nitrogens is 1. The van der Waals surface area contributed by atoms with E-state index in [4.69, 9.17) is 0 Å². The maximum atomic E-state index is 11.4. The Labute approximate surface area is 103 Å². The summed E-state index contributed by atoms with van der Waals surface area (Å²) in [6, 6.07) is 6.77. The third-order valence-electron chi connectivity index (χ3n) is 2.26. The zero-order valence-corrected chi connectivity index (χ0v) is 10.2. The number of rotatable bonds is 2. The number of thiazole rings is 1. The second-order valence-corrected chi connectivity index (χ2v) is 4.47. The number of benzene rings is 1. The highest BCUT2D eigenvalue weighted by atomic mass is 32.1. The molecule has 0 aliphatic carbocycles. The number of phenolic OH excluding ortho intramolecular Hbond substituents is 1. The number of hydrogen-bond acceptors (Lipinski definition) is 5. The Morgan fingerprint density at radius 3 is 2.88 bits per heavy atom. The van der Waals surface area contributed by atoms with Crippen molar-refractivity contribution in [2.75, 3.05) is 7.11 Å². The number of ether oxygens (including phenoxy) is 1. The third-order valence-corrected chi connectivity index (χ3v) is 3.45. The SMILES string of the molecule is COC(=O)c1sc(-c2cccc(O)c2)nc1C. The van der Waals surface area contributed by atoms with Crippen molar-refractivity contribution in [3.63, 3.8) is 0 Å². The van der Waals surface area contributed by atoms with Gasteiger partial charge >= 0.3 is 5.97 Å². The molecule has 1 heterocycles. The van der Waals surface area contributed by atoms with Crippen LogP contribution in [0.4, 0.5) is 0 Å². The van der Waals surface area contributed by atoms with Crippen molar-refractivity contribution in [2.45, 2.75) is 6.92 Å². The fourth-order valence-electron chi connectivity index (χ4n) is 1.44. The van der Waals surface area contributed by atoms with Crippen molar-refractivity contribution in [3.05, 3.63) is 34.8 Å². The maximum absolute atomic E-state index is 11.4. The van der Waals surface area contributed by atoms with Gasteiger partial charge in [0.2, 0.25) is 0 Å². The van der Waals surface area contributed by atoms with Crippen molar-refractivity contribution >= 4 is 17.3 Å². The first kappa shape index (κ1) is 11.6. The molecule has 2 rings (SSSR count). The van der Waals surface area contributed by atoms with E-state index in [-0.39, 0.29) is 11.7 Å². The number of phenols is 1. The Bertz CT molecular complexity index is 563. The highest BCUT2D eigenvalue weighted by molar-refractivity contribution is 7.17. The molecule has 0 spiro atoms. The summed E-state index contributed by atoms with van der Waals surface area (Å²) in [6.45, 7) is 1.76. The minimum atomic E-state index is -0.383. The van der Waals surface area contributed by atoms with E-state index in [9.17, 15) is 9.90 Å². The molecular formula is C12H11NO3S. The van der Waals surface area contributed by atoms with Crippen LogP contribution in [0, 0.1) is 6.92 Å². The van der Waals surface area contributed by atoms with Gasteiger partial charge in [-0.2, -0.15) is 0 Å². The zero-order chi connectivity index (χ0) is 12.4. The van der Waals surface area contributed by atoms with Crippen LogP contribution < -0.4 is 0 Å². The largest absolute Gasteiger partial charge is 0.508 e. The fourth-order valence-corrected chi connectivity index (χ4v) is 2.42. The number of methoxy groups -OCH3 is 1. The average Bonchev–Trinajstić information content (AvgIpc) is 2.70. The lowest BCUT2D eigenvalue weighted by Gasteiger charge is -1.96. The number of hydrogen-bond donors (Lipinski definition) is 1. The van der Waals surface area contributed by atoms with E-state index >= 15 is 0 Å². The van der Waals surface area contributed by atoms with Gasteiger partial charge < -0.3 is 9.84 Å². The summed E-state index contributed by atoms with van der Waals surface area (Å²) in [5, 5.41) is 10.1. The molecule has 0 saturated carbocycles. The van der Waals surface area contributed by atoms with E-state index in [1.807, 2.05) is 6.07 Å². The van der Waals surface area contributed by atoms with Crippen LogP contribution in [-0.4, -0.2) is 23.2 Å². The Morgan fingerprint density at radius 1 is 1.47 bits per heavy atom. The molecule has 1 N–H and O–H groups in total. The molecule has 1 aromatic carbocycles. The molecule has 0 bridgehead atoms. The summed E-state index contributed by atoms with van der Waals surface area (Å²) >= 11 is 1.26. The van der Waals surface area contributed by atoms with E-state index in [0.29, 0.717) is 15.6 Å². The number of nitrogens with zero attached hydrogens (tertiary/aromatic N) is 1. The molecule has 0 radical (unpaired) electrons. The predicted octanol–water partition coefficient (Wildman–Crippen LogP) is 2.61. The Morgan fingerprint density at radius 2 is 2.24 bits per heavy atom. The predicted molar refractivity (Wildman–Crippen MR) is 65.3 cm³/mol. The van der Waals surface area contributed by atoms with E-state index in [0.717, 1.165) is 5.56 Å². The second kappa shape index (κ2) is 4.55. The minimum Gasteiger partial charge on any atom is -0.508 e. The topological polar surface area (TPSA) is 59.4 Å². The number of carbonyl (C=O) groups is 1. The Hall–Kier alpha value is -1.88. The molecule has 88 valence electrons. The van der Waals surface area contributed by atoms with E-state index in [1.54, 1.807) is 25.1 Å². The molecule has 2 aromatic rings. The lowest BCUT2D eigenvalue weighted by molar-refractivity contribution is 0.0605. The van der Waals surface area contributed by atoms with Gasteiger partial charge in [-0.3, -0.25) is 0 Å². The van der Waals surface area contributed by atoms with Gasteiger partial charge in [-0.15, -0.1) is 11.3 Å². The summed E-state index contributed by atoms with van der Waals surface area (Å²) in [5.41, 5.74) is 1.42. The lowest BCUT2D eigenvalue weighted by atomic mass is 10.2. The smallest absolute Gasteiger partial charge is 0.349 e. The van der Waals surface area contributed by atoms with Crippen molar-refractivity contribution in [3.8, 4) is 16.3 Å². The fraction of sp³-hybridized carbons (Fsp3) is 0.167. The van der Waals surface area contributed by atoms with Crippen LogP contribution in [0.5, 0.6) is 5.75 Å². The monoisotopic (exact) mass is 249 g/mol. The molecule has 5 heteroatoms. The summed E-state index contributed by atoms with van der Waals surface area (Å²) in [6.07, 6.45) is 0. The first-order valence-corrected chi connectivity index (χ1v) is 5.78. The molecule has 0 aliphatic rings. The number of aromatic hydroxyl groups is 1. The van der Waals surface area contributed by atoms with Gasteiger partial charge in [0.15, 0.2) is 0 Å². The van der Waals surface area contributed by atoms with Crippen LogP contribution in [0.1, 0.15) is 15.4 Å². The first-order valence-electron chi connectivity index (χ1n) is 4.97. The van der Waals surface area contributed by atoms with Crippen LogP contribution in [0.2, 0.25) is 0 Å². The van der Waals surface area contributed by atoms with Gasteiger partial charge in [0.25, 0.3) is 0 Å². The van der Waals surface area contributed by atoms with E-state index in [2.05, 4.69) is 9.72 Å². The van der Waals surface area contributed by atoms with Crippen molar-refractivity contribution in [2.24, 2.45) is 0 Å². The Kier molecular flexibility index (Phi) is 3.10.